The summed E-state index contributed by atoms with van der Waals surface area (Å²) in [5, 5.41) is 11.2. The van der Waals surface area contributed by atoms with Gasteiger partial charge in [-0.1, -0.05) is 30.3 Å². The van der Waals surface area contributed by atoms with Crippen LogP contribution in [0.2, 0.25) is 0 Å². The number of carbonyl (C=O) groups is 1. The zero-order valence-corrected chi connectivity index (χ0v) is 14.6. The molecule has 1 aromatic carbocycles. The number of rotatable bonds is 7. The Morgan fingerprint density at radius 2 is 2.00 bits per heavy atom. The van der Waals surface area contributed by atoms with Crippen molar-refractivity contribution in [3.63, 3.8) is 0 Å². The first-order valence-electron chi connectivity index (χ1n) is 8.59. The van der Waals surface area contributed by atoms with Gasteiger partial charge >= 0.3 is 0 Å². The molecular formula is C19H23N5O. The van der Waals surface area contributed by atoms with Crippen LogP contribution in [0, 0.1) is 0 Å². The molecule has 0 radical (unpaired) electrons. The Morgan fingerprint density at radius 1 is 1.20 bits per heavy atom. The van der Waals surface area contributed by atoms with Gasteiger partial charge in [-0.2, -0.15) is 5.10 Å². The lowest BCUT2D eigenvalue weighted by Gasteiger charge is -2.09. The first-order valence-corrected chi connectivity index (χ1v) is 8.59. The predicted octanol–water partition coefficient (Wildman–Crippen LogP) is 2.46. The van der Waals surface area contributed by atoms with Crippen molar-refractivity contribution in [1.29, 1.82) is 0 Å². The molecule has 0 unspecified atom stereocenters. The standard InChI is InChI=1S/C19H23N5O/c1-3-24-18-16(13-22-24)15(19(25)21-11-7-10-20-2)12-17(23-18)14-8-5-4-6-9-14/h4-6,8-9,12-13,20H,3,7,10-11H2,1-2H3,(H,21,25). The summed E-state index contributed by atoms with van der Waals surface area (Å²) in [4.78, 5) is 17.4. The van der Waals surface area contributed by atoms with E-state index in [0.29, 0.717) is 18.7 Å². The molecule has 3 aromatic rings. The molecule has 0 atom stereocenters. The number of amides is 1. The Kier molecular flexibility index (Phi) is 5.40. The van der Waals surface area contributed by atoms with E-state index in [1.54, 1.807) is 6.20 Å². The van der Waals surface area contributed by atoms with Gasteiger partial charge in [0.15, 0.2) is 5.65 Å². The number of hydrogen-bond acceptors (Lipinski definition) is 4. The fourth-order valence-corrected chi connectivity index (χ4v) is 2.79. The van der Waals surface area contributed by atoms with Gasteiger partial charge in [0.2, 0.25) is 0 Å². The smallest absolute Gasteiger partial charge is 0.252 e. The minimum Gasteiger partial charge on any atom is -0.352 e. The van der Waals surface area contributed by atoms with Gasteiger partial charge in [0.25, 0.3) is 5.91 Å². The molecular weight excluding hydrogens is 314 g/mol. The van der Waals surface area contributed by atoms with Gasteiger partial charge in [-0.05, 0) is 33.0 Å². The third kappa shape index (κ3) is 3.69. The lowest BCUT2D eigenvalue weighted by Crippen LogP contribution is -2.26. The van der Waals surface area contributed by atoms with E-state index in [-0.39, 0.29) is 5.91 Å². The molecule has 0 aliphatic heterocycles. The number of nitrogens with zero attached hydrogens (tertiary/aromatic N) is 3. The monoisotopic (exact) mass is 337 g/mol. The van der Waals surface area contributed by atoms with Crippen LogP contribution in [-0.4, -0.2) is 40.8 Å². The number of pyridine rings is 1. The maximum absolute atomic E-state index is 12.7. The highest BCUT2D eigenvalue weighted by Crippen LogP contribution is 2.24. The summed E-state index contributed by atoms with van der Waals surface area (Å²) in [6, 6.07) is 11.7. The summed E-state index contributed by atoms with van der Waals surface area (Å²) in [5.41, 5.74) is 3.12. The van der Waals surface area contributed by atoms with Crippen LogP contribution in [0.15, 0.2) is 42.6 Å². The second-order valence-electron chi connectivity index (χ2n) is 5.83. The van der Waals surface area contributed by atoms with Crippen molar-refractivity contribution in [3.8, 4) is 11.3 Å². The van der Waals surface area contributed by atoms with Crippen LogP contribution in [0.5, 0.6) is 0 Å². The maximum Gasteiger partial charge on any atom is 0.252 e. The number of carbonyl (C=O) groups excluding carboxylic acids is 1. The highest BCUT2D eigenvalue weighted by molar-refractivity contribution is 6.06. The molecule has 25 heavy (non-hydrogen) atoms. The van der Waals surface area contributed by atoms with Crippen molar-refractivity contribution in [3.05, 3.63) is 48.2 Å². The fraction of sp³-hybridized carbons (Fsp3) is 0.316. The minimum absolute atomic E-state index is 0.0867. The van der Waals surface area contributed by atoms with Crippen LogP contribution < -0.4 is 10.6 Å². The largest absolute Gasteiger partial charge is 0.352 e. The van der Waals surface area contributed by atoms with Gasteiger partial charge in [-0.15, -0.1) is 0 Å². The first-order chi connectivity index (χ1) is 12.2. The van der Waals surface area contributed by atoms with Crippen LogP contribution in [0.25, 0.3) is 22.3 Å². The number of hydrogen-bond donors (Lipinski definition) is 2. The number of benzene rings is 1. The van der Waals surface area contributed by atoms with E-state index < -0.39 is 0 Å². The average Bonchev–Trinajstić information content (AvgIpc) is 3.08. The molecule has 0 bridgehead atoms. The molecule has 0 spiro atoms. The highest BCUT2D eigenvalue weighted by atomic mass is 16.1. The molecule has 0 saturated heterocycles. The topological polar surface area (TPSA) is 71.8 Å². The van der Waals surface area contributed by atoms with Gasteiger partial charge in [0.05, 0.1) is 22.8 Å². The van der Waals surface area contributed by atoms with Crippen LogP contribution in [0.4, 0.5) is 0 Å². The summed E-state index contributed by atoms with van der Waals surface area (Å²) in [6.07, 6.45) is 2.61. The molecule has 130 valence electrons. The van der Waals surface area contributed by atoms with Gasteiger partial charge < -0.3 is 10.6 Å². The maximum atomic E-state index is 12.7. The van der Waals surface area contributed by atoms with Crippen LogP contribution in [0.3, 0.4) is 0 Å². The Labute approximate surface area is 147 Å². The van der Waals surface area contributed by atoms with Crippen molar-refractivity contribution in [1.82, 2.24) is 25.4 Å². The Morgan fingerprint density at radius 3 is 2.72 bits per heavy atom. The van der Waals surface area contributed by atoms with E-state index in [0.717, 1.165) is 35.3 Å². The van der Waals surface area contributed by atoms with Crippen molar-refractivity contribution in [2.75, 3.05) is 20.1 Å². The summed E-state index contributed by atoms with van der Waals surface area (Å²) in [7, 11) is 1.90. The minimum atomic E-state index is -0.0867. The van der Waals surface area contributed by atoms with E-state index in [4.69, 9.17) is 4.98 Å². The van der Waals surface area contributed by atoms with Gasteiger partial charge in [-0.3, -0.25) is 4.79 Å². The second-order valence-corrected chi connectivity index (χ2v) is 5.83. The summed E-state index contributed by atoms with van der Waals surface area (Å²) >= 11 is 0. The van der Waals surface area contributed by atoms with E-state index in [1.165, 1.54) is 0 Å². The quantitative estimate of drug-likeness (QED) is 0.650. The molecule has 0 aliphatic carbocycles. The zero-order chi connectivity index (χ0) is 17.6. The molecule has 6 heteroatoms. The van der Waals surface area contributed by atoms with Gasteiger partial charge in [-0.25, -0.2) is 9.67 Å². The Hall–Kier alpha value is -2.73. The van der Waals surface area contributed by atoms with Crippen molar-refractivity contribution in [2.45, 2.75) is 19.9 Å². The van der Waals surface area contributed by atoms with E-state index in [2.05, 4.69) is 15.7 Å². The summed E-state index contributed by atoms with van der Waals surface area (Å²) < 4.78 is 1.82. The third-order valence-electron chi connectivity index (χ3n) is 4.11. The normalized spacial score (nSPS) is 11.0. The third-order valence-corrected chi connectivity index (χ3v) is 4.11. The number of fused-ring (bicyclic) bond motifs is 1. The molecule has 2 N–H and O–H groups in total. The SMILES string of the molecule is CCn1ncc2c(C(=O)NCCCNC)cc(-c3ccccc3)nc21. The van der Waals surface area contributed by atoms with Crippen LogP contribution >= 0.6 is 0 Å². The molecule has 1 amide bonds. The van der Waals surface area contributed by atoms with E-state index in [9.17, 15) is 4.79 Å². The molecule has 6 nitrogen and oxygen atoms in total. The predicted molar refractivity (Wildman–Crippen MR) is 99.5 cm³/mol. The van der Waals surface area contributed by atoms with Crippen molar-refractivity contribution < 1.29 is 4.79 Å². The second kappa shape index (κ2) is 7.90. The molecule has 2 heterocycles. The number of aryl methyl sites for hydroxylation is 1. The molecule has 3 rings (SSSR count). The van der Waals surface area contributed by atoms with E-state index >= 15 is 0 Å². The molecule has 0 fully saturated rings. The van der Waals surface area contributed by atoms with Gasteiger partial charge in [0.1, 0.15) is 0 Å². The summed E-state index contributed by atoms with van der Waals surface area (Å²) in [5.74, 6) is -0.0867. The van der Waals surface area contributed by atoms with Crippen LogP contribution in [-0.2, 0) is 6.54 Å². The molecule has 2 aromatic heterocycles. The van der Waals surface area contributed by atoms with Crippen molar-refractivity contribution >= 4 is 16.9 Å². The van der Waals surface area contributed by atoms with Crippen molar-refractivity contribution in [2.24, 2.45) is 0 Å². The van der Waals surface area contributed by atoms with Crippen LogP contribution in [0.1, 0.15) is 23.7 Å². The summed E-state index contributed by atoms with van der Waals surface area (Å²) in [6.45, 7) is 4.22. The number of nitrogens with one attached hydrogen (secondary N) is 2. The lowest BCUT2D eigenvalue weighted by atomic mass is 10.1. The Bertz CT molecular complexity index is 857. The highest BCUT2D eigenvalue weighted by Gasteiger charge is 2.16. The average molecular weight is 337 g/mol. The fourth-order valence-electron chi connectivity index (χ4n) is 2.79. The first kappa shape index (κ1) is 17.1. The Balaban J connectivity index is 2.01. The lowest BCUT2D eigenvalue weighted by molar-refractivity contribution is 0.0955. The van der Waals surface area contributed by atoms with Gasteiger partial charge in [0, 0.05) is 18.7 Å². The zero-order valence-electron chi connectivity index (χ0n) is 14.6. The molecule has 0 saturated carbocycles. The number of aromatic nitrogens is 3. The van der Waals surface area contributed by atoms with E-state index in [1.807, 2.05) is 55.1 Å². The molecule has 0 aliphatic rings.